The van der Waals surface area contributed by atoms with Gasteiger partial charge in [-0.05, 0) is 13.8 Å². The molecular formula is C9H16O5. The molecule has 14 heavy (non-hydrogen) atoms. The molecule has 0 aromatic heterocycles. The molecule has 82 valence electrons. The van der Waals surface area contributed by atoms with Gasteiger partial charge in [-0.3, -0.25) is 4.79 Å². The molecule has 0 radical (unpaired) electrons. The van der Waals surface area contributed by atoms with Crippen LogP contribution in [-0.2, 0) is 19.0 Å². The van der Waals surface area contributed by atoms with Crippen LogP contribution in [0.25, 0.3) is 0 Å². The lowest BCUT2D eigenvalue weighted by molar-refractivity contribution is -0.168. The molecule has 0 N–H and O–H groups in total. The van der Waals surface area contributed by atoms with Gasteiger partial charge in [-0.25, -0.2) is 4.79 Å². The fraction of sp³-hybridized carbons (Fsp3) is 0.778. The molecule has 0 saturated heterocycles. The molecule has 5 nitrogen and oxygen atoms in total. The predicted molar refractivity (Wildman–Crippen MR) is 48.5 cm³/mol. The van der Waals surface area contributed by atoms with Crippen LogP contribution < -0.4 is 0 Å². The molecule has 0 bridgehead atoms. The van der Waals surface area contributed by atoms with E-state index < -0.39 is 18.4 Å². The SMILES string of the molecule is CCC(=O)OC(C)OC(=O)OC(C)C. The normalized spacial score (nSPS) is 12.1. The van der Waals surface area contributed by atoms with E-state index in [1.807, 2.05) is 0 Å². The predicted octanol–water partition coefficient (Wildman–Crippen LogP) is 1.85. The molecule has 0 aromatic rings. The Labute approximate surface area is 83.3 Å². The maximum Gasteiger partial charge on any atom is 0.511 e. The minimum atomic E-state index is -0.909. The van der Waals surface area contributed by atoms with Crippen molar-refractivity contribution in [3.05, 3.63) is 0 Å². The van der Waals surface area contributed by atoms with Gasteiger partial charge >= 0.3 is 12.1 Å². The fourth-order valence-electron chi connectivity index (χ4n) is 0.648. The van der Waals surface area contributed by atoms with Gasteiger partial charge in [-0.15, -0.1) is 0 Å². The summed E-state index contributed by atoms with van der Waals surface area (Å²) in [6.07, 6.45) is -1.76. The number of carbonyl (C=O) groups excluding carboxylic acids is 2. The Bertz CT molecular complexity index is 199. The molecule has 0 fully saturated rings. The topological polar surface area (TPSA) is 61.8 Å². The zero-order chi connectivity index (χ0) is 11.1. The molecule has 0 spiro atoms. The van der Waals surface area contributed by atoms with Crippen LogP contribution in [0.3, 0.4) is 0 Å². The van der Waals surface area contributed by atoms with Crippen molar-refractivity contribution in [2.24, 2.45) is 0 Å². The first-order valence-electron chi connectivity index (χ1n) is 4.52. The third kappa shape index (κ3) is 6.28. The summed E-state index contributed by atoms with van der Waals surface area (Å²) in [5, 5.41) is 0. The third-order valence-corrected chi connectivity index (χ3v) is 1.18. The van der Waals surface area contributed by atoms with Gasteiger partial charge in [-0.2, -0.15) is 0 Å². The average molecular weight is 204 g/mol. The minimum Gasteiger partial charge on any atom is -0.431 e. The van der Waals surface area contributed by atoms with Gasteiger partial charge in [-0.1, -0.05) is 6.92 Å². The number of rotatable bonds is 4. The van der Waals surface area contributed by atoms with E-state index in [0.29, 0.717) is 0 Å². The number of carbonyl (C=O) groups is 2. The first kappa shape index (κ1) is 12.7. The van der Waals surface area contributed by atoms with E-state index in [9.17, 15) is 9.59 Å². The van der Waals surface area contributed by atoms with Crippen LogP contribution in [0.1, 0.15) is 34.1 Å². The largest absolute Gasteiger partial charge is 0.511 e. The summed E-state index contributed by atoms with van der Waals surface area (Å²) in [6.45, 7) is 6.50. The Morgan fingerprint density at radius 3 is 2.07 bits per heavy atom. The lowest BCUT2D eigenvalue weighted by atomic mass is 10.5. The summed E-state index contributed by atoms with van der Waals surface area (Å²) >= 11 is 0. The average Bonchev–Trinajstić information content (AvgIpc) is 2.01. The highest BCUT2D eigenvalue weighted by atomic mass is 16.8. The zero-order valence-corrected chi connectivity index (χ0v) is 8.90. The Morgan fingerprint density at radius 1 is 1.07 bits per heavy atom. The van der Waals surface area contributed by atoms with Gasteiger partial charge in [0.2, 0.25) is 6.29 Å². The van der Waals surface area contributed by atoms with Crippen molar-refractivity contribution in [2.45, 2.75) is 46.5 Å². The summed E-state index contributed by atoms with van der Waals surface area (Å²) < 4.78 is 14.0. The van der Waals surface area contributed by atoms with Gasteiger partial charge < -0.3 is 14.2 Å². The zero-order valence-electron chi connectivity index (χ0n) is 8.90. The maximum atomic E-state index is 10.9. The lowest BCUT2D eigenvalue weighted by Crippen LogP contribution is -2.23. The summed E-state index contributed by atoms with van der Waals surface area (Å²) in [4.78, 5) is 21.7. The molecule has 0 aliphatic heterocycles. The van der Waals surface area contributed by atoms with Crippen LogP contribution >= 0.6 is 0 Å². The van der Waals surface area contributed by atoms with Crippen molar-refractivity contribution in [3.63, 3.8) is 0 Å². The molecule has 0 heterocycles. The Hall–Kier alpha value is -1.26. The molecule has 0 aliphatic carbocycles. The standard InChI is InChI=1S/C9H16O5/c1-5-8(10)13-7(4)14-9(11)12-6(2)3/h6-7H,5H2,1-4H3. The van der Waals surface area contributed by atoms with E-state index in [-0.39, 0.29) is 12.5 Å². The second-order valence-electron chi connectivity index (χ2n) is 2.95. The molecule has 5 heteroatoms. The second kappa shape index (κ2) is 6.23. The summed E-state index contributed by atoms with van der Waals surface area (Å²) in [5.41, 5.74) is 0. The van der Waals surface area contributed by atoms with Crippen LogP contribution in [0, 0.1) is 0 Å². The molecule has 1 unspecified atom stereocenters. The quantitative estimate of drug-likeness (QED) is 0.516. The summed E-state index contributed by atoms with van der Waals surface area (Å²) in [7, 11) is 0. The number of hydrogen-bond acceptors (Lipinski definition) is 5. The molecule has 0 saturated carbocycles. The lowest BCUT2D eigenvalue weighted by Gasteiger charge is -2.14. The first-order valence-corrected chi connectivity index (χ1v) is 4.52. The van der Waals surface area contributed by atoms with Crippen molar-refractivity contribution in [2.75, 3.05) is 0 Å². The molecule has 1 atom stereocenters. The molecule has 0 aromatic carbocycles. The van der Waals surface area contributed by atoms with Crippen LogP contribution in [0.4, 0.5) is 4.79 Å². The molecular weight excluding hydrogens is 188 g/mol. The molecule has 0 aliphatic rings. The minimum absolute atomic E-state index is 0.243. The van der Waals surface area contributed by atoms with Gasteiger partial charge in [0.15, 0.2) is 0 Å². The van der Waals surface area contributed by atoms with E-state index in [4.69, 9.17) is 0 Å². The van der Waals surface area contributed by atoms with Gasteiger partial charge in [0, 0.05) is 13.3 Å². The van der Waals surface area contributed by atoms with E-state index in [1.54, 1.807) is 20.8 Å². The van der Waals surface area contributed by atoms with Gasteiger partial charge in [0.25, 0.3) is 0 Å². The smallest absolute Gasteiger partial charge is 0.431 e. The van der Waals surface area contributed by atoms with Gasteiger partial charge in [0.1, 0.15) is 0 Å². The second-order valence-corrected chi connectivity index (χ2v) is 2.95. The number of hydrogen-bond donors (Lipinski definition) is 0. The highest BCUT2D eigenvalue weighted by Gasteiger charge is 2.14. The van der Waals surface area contributed by atoms with E-state index in [0.717, 1.165) is 0 Å². The summed E-state index contributed by atoms with van der Waals surface area (Å²) in [6, 6.07) is 0. The number of ether oxygens (including phenoxy) is 3. The number of esters is 1. The Morgan fingerprint density at radius 2 is 1.64 bits per heavy atom. The van der Waals surface area contributed by atoms with Gasteiger partial charge in [0.05, 0.1) is 6.10 Å². The Kier molecular flexibility index (Phi) is 5.67. The van der Waals surface area contributed by atoms with Crippen LogP contribution in [0.15, 0.2) is 0 Å². The maximum absolute atomic E-state index is 10.9. The summed E-state index contributed by atoms with van der Waals surface area (Å²) in [5.74, 6) is -0.421. The van der Waals surface area contributed by atoms with Crippen molar-refractivity contribution in [3.8, 4) is 0 Å². The molecule has 0 rings (SSSR count). The van der Waals surface area contributed by atoms with Crippen LogP contribution in [0.5, 0.6) is 0 Å². The Balaban J connectivity index is 3.76. The fourth-order valence-corrected chi connectivity index (χ4v) is 0.648. The van der Waals surface area contributed by atoms with Crippen LogP contribution in [0.2, 0.25) is 0 Å². The van der Waals surface area contributed by atoms with E-state index >= 15 is 0 Å². The highest BCUT2D eigenvalue weighted by molar-refractivity contribution is 5.69. The monoisotopic (exact) mass is 204 g/mol. The van der Waals surface area contributed by atoms with E-state index in [1.165, 1.54) is 6.92 Å². The molecule has 0 amide bonds. The third-order valence-electron chi connectivity index (χ3n) is 1.18. The van der Waals surface area contributed by atoms with Crippen molar-refractivity contribution in [1.29, 1.82) is 0 Å². The van der Waals surface area contributed by atoms with E-state index in [2.05, 4.69) is 14.2 Å². The van der Waals surface area contributed by atoms with Crippen molar-refractivity contribution >= 4 is 12.1 Å². The van der Waals surface area contributed by atoms with Crippen molar-refractivity contribution < 1.29 is 23.8 Å². The highest BCUT2D eigenvalue weighted by Crippen LogP contribution is 2.00. The van der Waals surface area contributed by atoms with Crippen molar-refractivity contribution in [1.82, 2.24) is 0 Å². The first-order chi connectivity index (χ1) is 6.45. The van der Waals surface area contributed by atoms with Crippen LogP contribution in [-0.4, -0.2) is 24.5 Å².